The van der Waals surface area contributed by atoms with Crippen molar-refractivity contribution in [3.63, 3.8) is 0 Å². The number of hydrogen-bond acceptors (Lipinski definition) is 3. The molecule has 1 unspecified atom stereocenters. The second kappa shape index (κ2) is 9.35. The van der Waals surface area contributed by atoms with Gasteiger partial charge < -0.3 is 10.2 Å². The fourth-order valence-corrected chi connectivity index (χ4v) is 1.96. The Bertz CT molecular complexity index is 271. The van der Waals surface area contributed by atoms with Gasteiger partial charge in [0.1, 0.15) is 0 Å². The second-order valence-electron chi connectivity index (χ2n) is 6.52. The third-order valence-electron chi connectivity index (χ3n) is 4.02. The fourth-order valence-electron chi connectivity index (χ4n) is 1.96. The van der Waals surface area contributed by atoms with Crippen LogP contribution in [-0.4, -0.2) is 62.0 Å². The first-order chi connectivity index (χ1) is 9.30. The lowest BCUT2D eigenvalue weighted by molar-refractivity contribution is -0.127. The van der Waals surface area contributed by atoms with Crippen molar-refractivity contribution >= 4 is 5.91 Å². The van der Waals surface area contributed by atoms with E-state index >= 15 is 0 Å². The largest absolute Gasteiger partial charge is 0.355 e. The maximum atomic E-state index is 11.9. The highest BCUT2D eigenvalue weighted by atomic mass is 16.1. The van der Waals surface area contributed by atoms with Crippen LogP contribution in [0.3, 0.4) is 0 Å². The number of hydrogen-bond donors (Lipinski definition) is 1. The van der Waals surface area contributed by atoms with Gasteiger partial charge in [-0.15, -0.1) is 0 Å². The van der Waals surface area contributed by atoms with Crippen LogP contribution in [0.5, 0.6) is 0 Å². The predicted molar refractivity (Wildman–Crippen MR) is 89.0 cm³/mol. The number of rotatable bonds is 4. The smallest absolute Gasteiger partial charge is 0.223 e. The topological polar surface area (TPSA) is 35.6 Å². The van der Waals surface area contributed by atoms with Gasteiger partial charge in [0.2, 0.25) is 5.91 Å². The van der Waals surface area contributed by atoms with E-state index in [9.17, 15) is 4.79 Å². The van der Waals surface area contributed by atoms with Crippen molar-refractivity contribution in [2.75, 3.05) is 46.3 Å². The first kappa shape index (κ1) is 19.4. The van der Waals surface area contributed by atoms with Gasteiger partial charge in [-0.2, -0.15) is 0 Å². The van der Waals surface area contributed by atoms with Gasteiger partial charge in [0, 0.05) is 46.6 Å². The number of nitrogens with one attached hydrogen (secondary N) is 1. The molecule has 0 aromatic heterocycles. The summed E-state index contributed by atoms with van der Waals surface area (Å²) < 4.78 is 0. The summed E-state index contributed by atoms with van der Waals surface area (Å²) in [5.74, 6) is 0.238. The molecule has 0 bridgehead atoms. The molecule has 1 rings (SSSR count). The lowest BCUT2D eigenvalue weighted by atomic mass is 9.81. The van der Waals surface area contributed by atoms with Crippen LogP contribution in [0.1, 0.15) is 43.0 Å². The molecule has 122 valence electrons. The van der Waals surface area contributed by atoms with Crippen molar-refractivity contribution in [2.45, 2.75) is 41.5 Å². The molecular formula is C16H37N3O. The first-order valence-corrected chi connectivity index (χ1v) is 7.99. The molecule has 4 nitrogen and oxygen atoms in total. The molecule has 0 aromatic rings. The fraction of sp³-hybridized carbons (Fsp3) is 0.938. The van der Waals surface area contributed by atoms with E-state index in [4.69, 9.17) is 0 Å². The monoisotopic (exact) mass is 287 g/mol. The molecule has 1 fully saturated rings. The third-order valence-corrected chi connectivity index (χ3v) is 4.02. The number of likely N-dealkylation sites (N-methyl/N-ethyl adjacent to an activating group) is 1. The van der Waals surface area contributed by atoms with E-state index in [0.29, 0.717) is 0 Å². The van der Waals surface area contributed by atoms with Crippen LogP contribution in [-0.2, 0) is 4.79 Å². The summed E-state index contributed by atoms with van der Waals surface area (Å²) in [5, 5.41) is 3.05. The molecule has 1 aliphatic rings. The van der Waals surface area contributed by atoms with E-state index in [1.165, 1.54) is 0 Å². The zero-order chi connectivity index (χ0) is 15.8. The summed E-state index contributed by atoms with van der Waals surface area (Å²) in [6, 6.07) is 0. The Morgan fingerprint density at radius 3 is 2.15 bits per heavy atom. The van der Waals surface area contributed by atoms with Gasteiger partial charge in [0.15, 0.2) is 0 Å². The maximum absolute atomic E-state index is 11.9. The van der Waals surface area contributed by atoms with Crippen LogP contribution in [0.4, 0.5) is 0 Å². The van der Waals surface area contributed by atoms with Crippen LogP contribution in [0.15, 0.2) is 0 Å². The number of amides is 1. The minimum absolute atomic E-state index is 0. The van der Waals surface area contributed by atoms with Crippen LogP contribution >= 0.6 is 0 Å². The van der Waals surface area contributed by atoms with Crippen molar-refractivity contribution in [3.8, 4) is 0 Å². The van der Waals surface area contributed by atoms with Crippen LogP contribution < -0.4 is 5.32 Å². The Morgan fingerprint density at radius 2 is 1.70 bits per heavy atom. The first-order valence-electron chi connectivity index (χ1n) is 7.99. The van der Waals surface area contributed by atoms with Gasteiger partial charge in [0.25, 0.3) is 0 Å². The zero-order valence-electron chi connectivity index (χ0n) is 14.6. The SMILES string of the molecule is CC.CC(C(=O)NCCN1CCN(C)CC1)C(C)(C)C.[HH]. The van der Waals surface area contributed by atoms with Gasteiger partial charge >= 0.3 is 0 Å². The molecule has 0 aromatic carbocycles. The average Bonchev–Trinajstić information content (AvgIpc) is 2.41. The average molecular weight is 287 g/mol. The lowest BCUT2D eigenvalue weighted by Crippen LogP contribution is -2.47. The quantitative estimate of drug-likeness (QED) is 0.862. The molecule has 1 N–H and O–H groups in total. The minimum atomic E-state index is 0. The summed E-state index contributed by atoms with van der Waals surface area (Å²) in [4.78, 5) is 16.7. The molecule has 0 radical (unpaired) electrons. The van der Waals surface area contributed by atoms with Crippen molar-refractivity contribution < 1.29 is 6.22 Å². The Labute approximate surface area is 127 Å². The van der Waals surface area contributed by atoms with E-state index in [1.807, 2.05) is 20.8 Å². The van der Waals surface area contributed by atoms with E-state index < -0.39 is 0 Å². The van der Waals surface area contributed by atoms with Gasteiger partial charge in [-0.1, -0.05) is 41.5 Å². The summed E-state index contributed by atoms with van der Waals surface area (Å²) in [6.07, 6.45) is 0. The van der Waals surface area contributed by atoms with Crippen LogP contribution in [0.25, 0.3) is 0 Å². The highest BCUT2D eigenvalue weighted by Gasteiger charge is 2.26. The van der Waals surface area contributed by atoms with Crippen molar-refractivity contribution in [2.24, 2.45) is 11.3 Å². The minimum Gasteiger partial charge on any atom is -0.355 e. The highest BCUT2D eigenvalue weighted by molar-refractivity contribution is 5.78. The van der Waals surface area contributed by atoms with Crippen molar-refractivity contribution in [1.29, 1.82) is 0 Å². The molecule has 1 heterocycles. The summed E-state index contributed by atoms with van der Waals surface area (Å²) in [5.41, 5.74) is 0.0396. The van der Waals surface area contributed by atoms with E-state index in [1.54, 1.807) is 0 Å². The number of carbonyl (C=O) groups is 1. The molecule has 1 atom stereocenters. The van der Waals surface area contributed by atoms with E-state index in [-0.39, 0.29) is 18.7 Å². The number of carbonyl (C=O) groups excluding carboxylic acids is 1. The standard InChI is InChI=1S/C14H29N3O.C2H6.H2/c1-12(14(2,3)4)13(18)15-6-7-17-10-8-16(5)9-11-17;1-2;/h12H,6-11H2,1-5H3,(H,15,18);1-2H3;1H. The molecule has 4 heteroatoms. The van der Waals surface area contributed by atoms with Gasteiger partial charge in [-0.3, -0.25) is 9.69 Å². The second-order valence-corrected chi connectivity index (χ2v) is 6.52. The molecule has 0 aliphatic carbocycles. The molecule has 1 aliphatic heterocycles. The highest BCUT2D eigenvalue weighted by Crippen LogP contribution is 2.25. The van der Waals surface area contributed by atoms with E-state index in [2.05, 4.69) is 42.9 Å². The van der Waals surface area contributed by atoms with E-state index in [0.717, 1.165) is 39.3 Å². The Balaban J connectivity index is 0. The Hall–Kier alpha value is -0.610. The maximum Gasteiger partial charge on any atom is 0.223 e. The van der Waals surface area contributed by atoms with Crippen LogP contribution in [0, 0.1) is 11.3 Å². The number of piperazine rings is 1. The summed E-state index contributed by atoms with van der Waals surface area (Å²) in [7, 11) is 2.16. The zero-order valence-corrected chi connectivity index (χ0v) is 14.6. The van der Waals surface area contributed by atoms with Gasteiger partial charge in [-0.25, -0.2) is 0 Å². The predicted octanol–water partition coefficient (Wildman–Crippen LogP) is 2.30. The van der Waals surface area contributed by atoms with Gasteiger partial charge in [-0.05, 0) is 12.5 Å². The van der Waals surface area contributed by atoms with Crippen molar-refractivity contribution in [3.05, 3.63) is 0 Å². The Morgan fingerprint density at radius 1 is 1.20 bits per heavy atom. The molecule has 20 heavy (non-hydrogen) atoms. The molecule has 1 amide bonds. The molecule has 1 saturated heterocycles. The Kier molecular flexibility index (Phi) is 9.06. The molecule has 0 spiro atoms. The normalized spacial score (nSPS) is 18.9. The number of nitrogens with zero attached hydrogens (tertiary/aromatic N) is 2. The lowest BCUT2D eigenvalue weighted by Gasteiger charge is -2.32. The van der Waals surface area contributed by atoms with Crippen molar-refractivity contribution in [1.82, 2.24) is 15.1 Å². The molecular weight excluding hydrogens is 250 g/mol. The summed E-state index contributed by atoms with van der Waals surface area (Å²) in [6.45, 7) is 18.6. The van der Waals surface area contributed by atoms with Gasteiger partial charge in [0.05, 0.1) is 0 Å². The third kappa shape index (κ3) is 7.25. The molecule has 0 saturated carbocycles. The summed E-state index contributed by atoms with van der Waals surface area (Å²) >= 11 is 0. The van der Waals surface area contributed by atoms with Crippen LogP contribution in [0.2, 0.25) is 0 Å².